The van der Waals surface area contributed by atoms with E-state index in [4.69, 9.17) is 4.74 Å². The zero-order valence-electron chi connectivity index (χ0n) is 16.1. The van der Waals surface area contributed by atoms with Gasteiger partial charge in [0.05, 0.1) is 0 Å². The van der Waals surface area contributed by atoms with Gasteiger partial charge in [-0.3, -0.25) is 9.59 Å². The molecule has 1 unspecified atom stereocenters. The Morgan fingerprint density at radius 2 is 1.85 bits per heavy atom. The van der Waals surface area contributed by atoms with Crippen LogP contribution in [0.15, 0.2) is 18.2 Å². The molecule has 0 bridgehead atoms. The molecule has 4 rings (SSSR count). The maximum Gasteiger partial charge on any atom is 0.270 e. The lowest BCUT2D eigenvalue weighted by Gasteiger charge is -2.24. The van der Waals surface area contributed by atoms with E-state index < -0.39 is 0 Å². The van der Waals surface area contributed by atoms with Crippen molar-refractivity contribution in [3.05, 3.63) is 35.0 Å². The van der Waals surface area contributed by atoms with E-state index in [2.05, 4.69) is 18.0 Å². The Morgan fingerprint density at radius 3 is 2.63 bits per heavy atom. The van der Waals surface area contributed by atoms with Crippen molar-refractivity contribution in [2.75, 3.05) is 32.8 Å². The third-order valence-electron chi connectivity index (χ3n) is 5.73. The molecule has 144 valence electrons. The minimum atomic E-state index is -0.286. The van der Waals surface area contributed by atoms with Crippen LogP contribution in [-0.4, -0.2) is 65.5 Å². The van der Waals surface area contributed by atoms with E-state index in [0.29, 0.717) is 38.5 Å². The van der Waals surface area contributed by atoms with Crippen molar-refractivity contribution in [2.45, 2.75) is 39.2 Å². The lowest BCUT2D eigenvalue weighted by Crippen LogP contribution is -2.42. The van der Waals surface area contributed by atoms with Crippen molar-refractivity contribution in [1.82, 2.24) is 14.8 Å². The largest absolute Gasteiger partial charge is 0.368 e. The number of aryl methyl sites for hydroxylation is 2. The Kier molecular flexibility index (Phi) is 4.91. The summed E-state index contributed by atoms with van der Waals surface area (Å²) in [6.45, 7) is 7.22. The standard InChI is InChI=1S/C21H27N3O3/c1-14-6-7-17-16(13-14)15(2)19(22-17)21(26)24-9-4-8-23(10-11-24)20(25)18-5-3-12-27-18/h6-7,13,18,22H,3-5,8-12H2,1-2H3. The van der Waals surface area contributed by atoms with Gasteiger partial charge in [-0.25, -0.2) is 0 Å². The number of benzene rings is 1. The number of aromatic amines is 1. The average molecular weight is 369 g/mol. The second-order valence-electron chi connectivity index (χ2n) is 7.65. The number of hydrogen-bond donors (Lipinski definition) is 1. The molecule has 0 spiro atoms. The summed E-state index contributed by atoms with van der Waals surface area (Å²) in [6.07, 6.45) is 2.27. The monoisotopic (exact) mass is 369 g/mol. The van der Waals surface area contributed by atoms with E-state index in [0.717, 1.165) is 35.7 Å². The van der Waals surface area contributed by atoms with E-state index in [1.807, 2.05) is 28.9 Å². The molecule has 0 radical (unpaired) electrons. The molecule has 27 heavy (non-hydrogen) atoms. The van der Waals surface area contributed by atoms with E-state index in [9.17, 15) is 9.59 Å². The fourth-order valence-corrected chi connectivity index (χ4v) is 4.13. The molecule has 1 aromatic carbocycles. The van der Waals surface area contributed by atoms with Crippen LogP contribution in [0.1, 0.15) is 40.9 Å². The molecular formula is C21H27N3O3. The van der Waals surface area contributed by atoms with Gasteiger partial charge < -0.3 is 19.5 Å². The summed E-state index contributed by atoms with van der Waals surface area (Å²) >= 11 is 0. The van der Waals surface area contributed by atoms with Gasteiger partial charge in [0.1, 0.15) is 11.8 Å². The van der Waals surface area contributed by atoms with Crippen LogP contribution in [-0.2, 0) is 9.53 Å². The zero-order chi connectivity index (χ0) is 19.0. The summed E-state index contributed by atoms with van der Waals surface area (Å²) in [5.41, 5.74) is 3.83. The predicted molar refractivity (Wildman–Crippen MR) is 104 cm³/mol. The highest BCUT2D eigenvalue weighted by Gasteiger charge is 2.30. The van der Waals surface area contributed by atoms with E-state index in [-0.39, 0.29) is 17.9 Å². The molecular weight excluding hydrogens is 342 g/mol. The van der Waals surface area contributed by atoms with Crippen molar-refractivity contribution in [3.63, 3.8) is 0 Å². The third-order valence-corrected chi connectivity index (χ3v) is 5.73. The Hall–Kier alpha value is -2.34. The Morgan fingerprint density at radius 1 is 1.07 bits per heavy atom. The molecule has 6 nitrogen and oxygen atoms in total. The first kappa shape index (κ1) is 18.0. The lowest BCUT2D eigenvalue weighted by molar-refractivity contribution is -0.140. The number of H-pyrrole nitrogens is 1. The van der Waals surface area contributed by atoms with Crippen LogP contribution in [0, 0.1) is 13.8 Å². The normalized spacial score (nSPS) is 20.9. The van der Waals surface area contributed by atoms with Crippen LogP contribution in [0.3, 0.4) is 0 Å². The smallest absolute Gasteiger partial charge is 0.270 e. The maximum absolute atomic E-state index is 13.1. The van der Waals surface area contributed by atoms with Crippen LogP contribution in [0.2, 0.25) is 0 Å². The number of rotatable bonds is 2. The molecule has 2 aromatic rings. The van der Waals surface area contributed by atoms with Crippen molar-refractivity contribution >= 4 is 22.7 Å². The van der Waals surface area contributed by atoms with Gasteiger partial charge in [0.25, 0.3) is 11.8 Å². The van der Waals surface area contributed by atoms with Gasteiger partial charge in [0.2, 0.25) is 0 Å². The molecule has 1 atom stereocenters. The molecule has 3 heterocycles. The molecule has 6 heteroatoms. The zero-order valence-corrected chi connectivity index (χ0v) is 16.1. The average Bonchev–Trinajstić information content (AvgIpc) is 3.23. The molecule has 0 aliphatic carbocycles. The van der Waals surface area contributed by atoms with E-state index in [1.165, 1.54) is 5.56 Å². The van der Waals surface area contributed by atoms with Crippen LogP contribution in [0.5, 0.6) is 0 Å². The van der Waals surface area contributed by atoms with E-state index >= 15 is 0 Å². The van der Waals surface area contributed by atoms with Crippen LogP contribution in [0.4, 0.5) is 0 Å². The molecule has 2 aliphatic rings. The first-order valence-electron chi connectivity index (χ1n) is 9.83. The van der Waals surface area contributed by atoms with Crippen LogP contribution in [0.25, 0.3) is 10.9 Å². The number of nitrogens with one attached hydrogen (secondary N) is 1. The molecule has 0 saturated carbocycles. The Balaban J connectivity index is 1.48. The highest BCUT2D eigenvalue weighted by molar-refractivity contribution is 6.01. The number of fused-ring (bicyclic) bond motifs is 1. The van der Waals surface area contributed by atoms with Crippen LogP contribution < -0.4 is 0 Å². The topological polar surface area (TPSA) is 65.6 Å². The lowest BCUT2D eigenvalue weighted by atomic mass is 10.1. The number of nitrogens with zero attached hydrogens (tertiary/aromatic N) is 2. The van der Waals surface area contributed by atoms with Crippen molar-refractivity contribution < 1.29 is 14.3 Å². The quantitative estimate of drug-likeness (QED) is 0.885. The van der Waals surface area contributed by atoms with Gasteiger partial charge >= 0.3 is 0 Å². The van der Waals surface area contributed by atoms with Crippen molar-refractivity contribution in [1.29, 1.82) is 0 Å². The van der Waals surface area contributed by atoms with Crippen LogP contribution >= 0.6 is 0 Å². The second kappa shape index (κ2) is 7.35. The number of aromatic nitrogens is 1. The fraction of sp³-hybridized carbons (Fsp3) is 0.524. The Labute approximate surface area is 159 Å². The van der Waals surface area contributed by atoms with Gasteiger partial charge in [0, 0.05) is 43.7 Å². The summed E-state index contributed by atoms with van der Waals surface area (Å²) < 4.78 is 5.53. The van der Waals surface area contributed by atoms with E-state index in [1.54, 1.807) is 0 Å². The summed E-state index contributed by atoms with van der Waals surface area (Å²) in [4.78, 5) is 32.8. The number of amides is 2. The van der Waals surface area contributed by atoms with Crippen molar-refractivity contribution in [2.24, 2.45) is 0 Å². The fourth-order valence-electron chi connectivity index (χ4n) is 4.13. The molecule has 2 saturated heterocycles. The highest BCUT2D eigenvalue weighted by atomic mass is 16.5. The highest BCUT2D eigenvalue weighted by Crippen LogP contribution is 2.24. The number of carbonyl (C=O) groups excluding carboxylic acids is 2. The number of hydrogen-bond acceptors (Lipinski definition) is 3. The third kappa shape index (κ3) is 3.46. The summed E-state index contributed by atoms with van der Waals surface area (Å²) in [5, 5.41) is 1.10. The SMILES string of the molecule is Cc1ccc2[nH]c(C(=O)N3CCCN(C(=O)C4CCCO4)CC3)c(C)c2c1. The predicted octanol–water partition coefficient (Wildman–Crippen LogP) is 2.64. The Bertz CT molecular complexity index is 867. The summed E-state index contributed by atoms with van der Waals surface area (Å²) in [6, 6.07) is 6.19. The molecule has 2 fully saturated rings. The van der Waals surface area contributed by atoms with Gasteiger partial charge in [-0.05, 0) is 50.8 Å². The minimum Gasteiger partial charge on any atom is -0.368 e. The van der Waals surface area contributed by atoms with Gasteiger partial charge in [-0.1, -0.05) is 11.6 Å². The first-order chi connectivity index (χ1) is 13.0. The van der Waals surface area contributed by atoms with Gasteiger partial charge in [-0.2, -0.15) is 0 Å². The van der Waals surface area contributed by atoms with Gasteiger partial charge in [-0.15, -0.1) is 0 Å². The molecule has 2 amide bonds. The molecule has 2 aliphatic heterocycles. The van der Waals surface area contributed by atoms with Gasteiger partial charge in [0.15, 0.2) is 0 Å². The molecule has 1 N–H and O–H groups in total. The summed E-state index contributed by atoms with van der Waals surface area (Å²) in [5.74, 6) is 0.104. The molecule has 1 aromatic heterocycles. The summed E-state index contributed by atoms with van der Waals surface area (Å²) in [7, 11) is 0. The number of carbonyl (C=O) groups is 2. The van der Waals surface area contributed by atoms with Crippen molar-refractivity contribution in [3.8, 4) is 0 Å². The minimum absolute atomic E-state index is 0.0211. The maximum atomic E-state index is 13.1. The first-order valence-corrected chi connectivity index (χ1v) is 9.83. The number of ether oxygens (including phenoxy) is 1. The second-order valence-corrected chi connectivity index (χ2v) is 7.65.